The molecule has 1 amide bonds. The fourth-order valence-corrected chi connectivity index (χ4v) is 3.35. The summed E-state index contributed by atoms with van der Waals surface area (Å²) in [4.78, 5) is 18.9. The minimum atomic E-state index is 0.0644. The summed E-state index contributed by atoms with van der Waals surface area (Å²) in [6, 6.07) is 0.398. The van der Waals surface area contributed by atoms with Crippen LogP contribution in [-0.4, -0.2) is 32.1 Å². The lowest BCUT2D eigenvalue weighted by Crippen LogP contribution is -2.30. The van der Waals surface area contributed by atoms with E-state index in [0.29, 0.717) is 5.56 Å². The van der Waals surface area contributed by atoms with Crippen molar-refractivity contribution in [2.24, 2.45) is 0 Å². The molecule has 106 valence electrons. The van der Waals surface area contributed by atoms with E-state index in [1.54, 1.807) is 23.7 Å². The maximum Gasteiger partial charge on any atom is 0.257 e. The Hall–Kier alpha value is -1.69. The van der Waals surface area contributed by atoms with Gasteiger partial charge in [-0.05, 0) is 26.7 Å². The van der Waals surface area contributed by atoms with Crippen molar-refractivity contribution < 1.29 is 4.79 Å². The van der Waals surface area contributed by atoms with Crippen molar-refractivity contribution >= 4 is 17.2 Å². The van der Waals surface area contributed by atoms with E-state index >= 15 is 0 Å². The Balaban J connectivity index is 1.82. The van der Waals surface area contributed by atoms with Gasteiger partial charge in [0.15, 0.2) is 0 Å². The SMILES string of the molecule is CC(C)n1cc(C(=O)N2CCCC2c2nccs2)cn1. The average Bonchev–Trinajstić information content (AvgIpc) is 3.17. The maximum absolute atomic E-state index is 12.6. The van der Waals surface area contributed by atoms with E-state index < -0.39 is 0 Å². The normalized spacial score (nSPS) is 18.9. The van der Waals surface area contributed by atoms with Crippen molar-refractivity contribution in [3.8, 4) is 0 Å². The molecule has 0 aliphatic carbocycles. The van der Waals surface area contributed by atoms with Gasteiger partial charge in [-0.25, -0.2) is 4.98 Å². The number of hydrogen-bond acceptors (Lipinski definition) is 4. The van der Waals surface area contributed by atoms with Gasteiger partial charge in [-0.2, -0.15) is 5.10 Å². The first-order valence-electron chi connectivity index (χ1n) is 6.91. The van der Waals surface area contributed by atoms with E-state index in [0.717, 1.165) is 24.4 Å². The minimum Gasteiger partial charge on any atom is -0.329 e. The smallest absolute Gasteiger partial charge is 0.257 e. The predicted molar refractivity (Wildman–Crippen MR) is 77.7 cm³/mol. The van der Waals surface area contributed by atoms with Crippen molar-refractivity contribution in [2.75, 3.05) is 6.54 Å². The van der Waals surface area contributed by atoms with Crippen molar-refractivity contribution in [1.82, 2.24) is 19.7 Å². The van der Waals surface area contributed by atoms with Crippen LogP contribution in [0.25, 0.3) is 0 Å². The minimum absolute atomic E-state index is 0.0644. The summed E-state index contributed by atoms with van der Waals surface area (Å²) in [5.41, 5.74) is 0.669. The lowest BCUT2D eigenvalue weighted by atomic mass is 10.2. The number of carbonyl (C=O) groups is 1. The number of amides is 1. The van der Waals surface area contributed by atoms with Gasteiger partial charge in [-0.1, -0.05) is 0 Å². The molecule has 2 aromatic rings. The van der Waals surface area contributed by atoms with Crippen LogP contribution in [0.3, 0.4) is 0 Å². The quantitative estimate of drug-likeness (QED) is 0.873. The third kappa shape index (κ3) is 2.35. The molecule has 0 spiro atoms. The molecule has 1 atom stereocenters. The fourth-order valence-electron chi connectivity index (χ4n) is 2.56. The number of nitrogens with zero attached hydrogens (tertiary/aromatic N) is 4. The van der Waals surface area contributed by atoms with Crippen molar-refractivity contribution in [3.63, 3.8) is 0 Å². The monoisotopic (exact) mass is 290 g/mol. The van der Waals surface area contributed by atoms with E-state index in [9.17, 15) is 4.79 Å². The van der Waals surface area contributed by atoms with E-state index in [4.69, 9.17) is 0 Å². The first kappa shape index (κ1) is 13.3. The molecule has 1 fully saturated rings. The molecule has 0 radical (unpaired) electrons. The lowest BCUT2D eigenvalue weighted by molar-refractivity contribution is 0.0735. The molecule has 6 heteroatoms. The van der Waals surface area contributed by atoms with Crippen LogP contribution in [0.2, 0.25) is 0 Å². The van der Waals surface area contributed by atoms with Crippen LogP contribution in [0.15, 0.2) is 24.0 Å². The molecule has 5 nitrogen and oxygen atoms in total. The summed E-state index contributed by atoms with van der Waals surface area (Å²) < 4.78 is 1.82. The number of aromatic nitrogens is 3. The van der Waals surface area contributed by atoms with Crippen LogP contribution in [0.1, 0.15) is 54.1 Å². The largest absolute Gasteiger partial charge is 0.329 e. The number of hydrogen-bond donors (Lipinski definition) is 0. The van der Waals surface area contributed by atoms with Gasteiger partial charge in [-0.15, -0.1) is 11.3 Å². The molecule has 1 aliphatic heterocycles. The standard InChI is InChI=1S/C14H18N4OS/c1-10(2)18-9-11(8-16-18)14(19)17-6-3-4-12(17)13-15-5-7-20-13/h5,7-10,12H,3-4,6H2,1-2H3. The number of carbonyl (C=O) groups excluding carboxylic acids is 1. The molecule has 20 heavy (non-hydrogen) atoms. The highest BCUT2D eigenvalue weighted by atomic mass is 32.1. The molecule has 1 saturated heterocycles. The van der Waals surface area contributed by atoms with Gasteiger partial charge >= 0.3 is 0 Å². The Bertz CT molecular complexity index is 590. The van der Waals surface area contributed by atoms with Crippen molar-refractivity contribution in [2.45, 2.75) is 38.8 Å². The molecule has 3 heterocycles. The zero-order chi connectivity index (χ0) is 14.1. The van der Waals surface area contributed by atoms with E-state index in [1.165, 1.54) is 0 Å². The van der Waals surface area contributed by atoms with Crippen LogP contribution in [0.4, 0.5) is 0 Å². The third-order valence-corrected chi connectivity index (χ3v) is 4.50. The highest BCUT2D eigenvalue weighted by Crippen LogP contribution is 2.34. The summed E-state index contributed by atoms with van der Waals surface area (Å²) >= 11 is 1.62. The molecular weight excluding hydrogens is 272 g/mol. The number of likely N-dealkylation sites (tertiary alicyclic amines) is 1. The average molecular weight is 290 g/mol. The first-order chi connectivity index (χ1) is 9.66. The Morgan fingerprint density at radius 3 is 3.00 bits per heavy atom. The number of rotatable bonds is 3. The van der Waals surface area contributed by atoms with Gasteiger partial charge in [0.2, 0.25) is 0 Å². The van der Waals surface area contributed by atoms with E-state index in [-0.39, 0.29) is 18.0 Å². The van der Waals surface area contributed by atoms with Gasteiger partial charge in [0, 0.05) is 30.4 Å². The summed E-state index contributed by atoms with van der Waals surface area (Å²) in [6.45, 7) is 4.90. The first-order valence-corrected chi connectivity index (χ1v) is 7.79. The number of thiazole rings is 1. The zero-order valence-corrected chi connectivity index (χ0v) is 12.5. The zero-order valence-electron chi connectivity index (χ0n) is 11.7. The maximum atomic E-state index is 12.6. The Morgan fingerprint density at radius 2 is 2.35 bits per heavy atom. The molecule has 0 saturated carbocycles. The summed E-state index contributed by atoms with van der Waals surface area (Å²) in [7, 11) is 0. The second kappa shape index (κ2) is 5.36. The van der Waals surface area contributed by atoms with Gasteiger partial charge in [0.1, 0.15) is 5.01 Å². The third-order valence-electron chi connectivity index (χ3n) is 3.63. The second-order valence-electron chi connectivity index (χ2n) is 5.33. The van der Waals surface area contributed by atoms with Gasteiger partial charge in [-0.3, -0.25) is 9.48 Å². The molecule has 0 aromatic carbocycles. The highest BCUT2D eigenvalue weighted by Gasteiger charge is 2.32. The van der Waals surface area contributed by atoms with Crippen LogP contribution < -0.4 is 0 Å². The molecule has 1 aliphatic rings. The van der Waals surface area contributed by atoms with E-state index in [1.807, 2.05) is 21.2 Å². The Morgan fingerprint density at radius 1 is 1.50 bits per heavy atom. The fraction of sp³-hybridized carbons (Fsp3) is 0.500. The lowest BCUT2D eigenvalue weighted by Gasteiger charge is -2.22. The molecule has 1 unspecified atom stereocenters. The summed E-state index contributed by atoms with van der Waals surface area (Å²) in [6.07, 6.45) is 7.34. The predicted octanol–water partition coefficient (Wildman–Crippen LogP) is 2.90. The van der Waals surface area contributed by atoms with Crippen LogP contribution in [-0.2, 0) is 0 Å². The second-order valence-corrected chi connectivity index (χ2v) is 6.26. The van der Waals surface area contributed by atoms with Crippen LogP contribution in [0, 0.1) is 0 Å². The molecule has 0 bridgehead atoms. The van der Waals surface area contributed by atoms with Gasteiger partial charge in [0.25, 0.3) is 5.91 Å². The van der Waals surface area contributed by atoms with Crippen molar-refractivity contribution in [1.29, 1.82) is 0 Å². The van der Waals surface area contributed by atoms with Crippen LogP contribution in [0.5, 0.6) is 0 Å². The summed E-state index contributed by atoms with van der Waals surface area (Å²) in [5.74, 6) is 0.0644. The Labute approximate surface area is 122 Å². The molecule has 2 aromatic heterocycles. The van der Waals surface area contributed by atoms with Crippen molar-refractivity contribution in [3.05, 3.63) is 34.5 Å². The highest BCUT2D eigenvalue weighted by molar-refractivity contribution is 7.09. The van der Waals surface area contributed by atoms with E-state index in [2.05, 4.69) is 23.9 Å². The van der Waals surface area contributed by atoms with Gasteiger partial charge in [0.05, 0.1) is 17.8 Å². The van der Waals surface area contributed by atoms with Crippen LogP contribution >= 0.6 is 11.3 Å². The molecule has 0 N–H and O–H groups in total. The summed E-state index contributed by atoms with van der Waals surface area (Å²) in [5, 5.41) is 7.25. The molecule has 3 rings (SSSR count). The topological polar surface area (TPSA) is 51.0 Å². The Kier molecular flexibility index (Phi) is 3.56. The van der Waals surface area contributed by atoms with Gasteiger partial charge < -0.3 is 4.90 Å². The molecular formula is C14H18N4OS.